The van der Waals surface area contributed by atoms with Gasteiger partial charge in [0.05, 0.1) is 16.0 Å². The number of aromatic nitrogens is 2. The van der Waals surface area contributed by atoms with Gasteiger partial charge < -0.3 is 9.84 Å². The largest absolute Gasteiger partial charge is 0.346 e. The van der Waals surface area contributed by atoms with Gasteiger partial charge in [-0.3, -0.25) is 20.3 Å². The first-order valence-corrected chi connectivity index (χ1v) is 12.0. The molecule has 2 N–H and O–H groups in total. The van der Waals surface area contributed by atoms with Crippen molar-refractivity contribution in [3.05, 3.63) is 99.0 Å². The zero-order valence-corrected chi connectivity index (χ0v) is 20.3. The number of carbonyl (C=O) groups is 1. The molecule has 35 heavy (non-hydrogen) atoms. The number of nitro groups is 1. The number of allylic oxidation sites excluding steroid dienone is 1. The lowest BCUT2D eigenvalue weighted by Crippen LogP contribution is -2.43. The number of rotatable bonds is 11. The van der Waals surface area contributed by atoms with Gasteiger partial charge in [0.2, 0.25) is 11.8 Å². The molecule has 0 aliphatic heterocycles. The van der Waals surface area contributed by atoms with Gasteiger partial charge in [0, 0.05) is 12.1 Å². The van der Waals surface area contributed by atoms with Crippen molar-refractivity contribution in [1.82, 2.24) is 15.5 Å². The molecule has 0 spiro atoms. The molecule has 0 fully saturated rings. The van der Waals surface area contributed by atoms with Crippen LogP contribution >= 0.6 is 11.8 Å². The van der Waals surface area contributed by atoms with Crippen LogP contribution in [-0.4, -0.2) is 32.1 Å². The van der Waals surface area contributed by atoms with Gasteiger partial charge in [-0.25, -0.2) is 0 Å². The number of hydrogen-bond donors (Lipinski definition) is 2. The van der Waals surface area contributed by atoms with Gasteiger partial charge in [0.15, 0.2) is 5.82 Å². The third-order valence-electron chi connectivity index (χ3n) is 5.19. The van der Waals surface area contributed by atoms with E-state index < -0.39 is 16.9 Å². The van der Waals surface area contributed by atoms with E-state index in [2.05, 4.69) is 15.5 Å². The van der Waals surface area contributed by atoms with E-state index in [-0.39, 0.29) is 22.5 Å². The molecular weight excluding hydrogens is 466 g/mol. The average molecular weight is 494 g/mol. The van der Waals surface area contributed by atoms with E-state index in [4.69, 9.17) is 9.93 Å². The molecule has 2 aromatic carbocycles. The molecular formula is C25H27N5O4S. The monoisotopic (exact) mass is 493 g/mol. The van der Waals surface area contributed by atoms with Crippen LogP contribution in [0.2, 0.25) is 0 Å². The Hall–Kier alpha value is -3.79. The van der Waals surface area contributed by atoms with E-state index in [1.807, 2.05) is 48.7 Å². The summed E-state index contributed by atoms with van der Waals surface area (Å²) in [7, 11) is 0. The molecule has 3 aromatic rings. The number of nitrogens with zero attached hydrogens (tertiary/aromatic N) is 3. The molecule has 0 saturated heterocycles. The standard InChI is InChI=1S/C25H27N5O4S/c1-3-4-14-35-23(26)22(16-19-10-12-20(13-11-19)30(32)33)28-24(31)21(25-27-17(2)29-34-25)15-18-8-6-5-7-9-18/h4-14,21-22,26H,3,15-16H2,1-2H3,(H,28,31)/b14-4+,26-23?/t21?,22-/m0/s1. The van der Waals surface area contributed by atoms with E-state index in [9.17, 15) is 14.9 Å². The van der Waals surface area contributed by atoms with Crippen LogP contribution in [0, 0.1) is 22.4 Å². The first-order chi connectivity index (χ1) is 16.9. The van der Waals surface area contributed by atoms with Crippen LogP contribution in [0.5, 0.6) is 0 Å². The van der Waals surface area contributed by atoms with E-state index >= 15 is 0 Å². The molecule has 0 bridgehead atoms. The summed E-state index contributed by atoms with van der Waals surface area (Å²) in [6.07, 6.45) is 3.42. The highest BCUT2D eigenvalue weighted by Crippen LogP contribution is 2.22. The zero-order valence-electron chi connectivity index (χ0n) is 19.5. The van der Waals surface area contributed by atoms with Gasteiger partial charge in [0.1, 0.15) is 5.92 Å². The Labute approximate surface area is 207 Å². The maximum atomic E-state index is 13.5. The van der Waals surface area contributed by atoms with Crippen LogP contribution in [0.25, 0.3) is 0 Å². The van der Waals surface area contributed by atoms with Gasteiger partial charge in [-0.05, 0) is 42.7 Å². The van der Waals surface area contributed by atoms with Crippen molar-refractivity contribution >= 4 is 28.4 Å². The SMILES string of the molecule is CC/C=C/SC(=N)[C@H](Cc1ccc([N+](=O)[O-])cc1)NC(=O)C(Cc1ccccc1)c1nc(C)no1. The first kappa shape index (κ1) is 25.8. The van der Waals surface area contributed by atoms with Crippen molar-refractivity contribution in [2.45, 2.75) is 45.1 Å². The number of amides is 1. The minimum absolute atomic E-state index is 0.0145. The van der Waals surface area contributed by atoms with Crippen molar-refractivity contribution < 1.29 is 14.2 Å². The fourth-order valence-electron chi connectivity index (χ4n) is 3.37. The lowest BCUT2D eigenvalue weighted by molar-refractivity contribution is -0.384. The van der Waals surface area contributed by atoms with E-state index in [1.165, 1.54) is 23.9 Å². The smallest absolute Gasteiger partial charge is 0.269 e. The summed E-state index contributed by atoms with van der Waals surface area (Å²) in [6, 6.07) is 15.0. The second-order valence-corrected chi connectivity index (χ2v) is 8.82. The zero-order chi connectivity index (χ0) is 25.2. The van der Waals surface area contributed by atoms with Crippen LogP contribution in [0.1, 0.15) is 42.1 Å². The number of aryl methyl sites for hydroxylation is 1. The molecule has 1 heterocycles. The minimum Gasteiger partial charge on any atom is -0.346 e. The normalized spacial score (nSPS) is 12.9. The molecule has 3 rings (SSSR count). The lowest BCUT2D eigenvalue weighted by Gasteiger charge is -2.22. The molecule has 0 aliphatic carbocycles. The van der Waals surface area contributed by atoms with Crippen molar-refractivity contribution in [2.24, 2.45) is 0 Å². The Morgan fingerprint density at radius 2 is 1.86 bits per heavy atom. The maximum absolute atomic E-state index is 13.5. The van der Waals surface area contributed by atoms with Crippen LogP contribution in [0.15, 0.2) is 70.6 Å². The van der Waals surface area contributed by atoms with E-state index in [0.717, 1.165) is 17.5 Å². The van der Waals surface area contributed by atoms with Gasteiger partial charge >= 0.3 is 0 Å². The van der Waals surface area contributed by atoms with E-state index in [0.29, 0.717) is 18.7 Å². The van der Waals surface area contributed by atoms with Gasteiger partial charge in [-0.2, -0.15) is 4.98 Å². The number of benzene rings is 2. The number of non-ortho nitro benzene ring substituents is 1. The quantitative estimate of drug-likeness (QED) is 0.166. The summed E-state index contributed by atoms with van der Waals surface area (Å²) in [6.45, 7) is 3.69. The Morgan fingerprint density at radius 1 is 1.17 bits per heavy atom. The van der Waals surface area contributed by atoms with Crippen molar-refractivity contribution in [1.29, 1.82) is 5.41 Å². The van der Waals surface area contributed by atoms with Crippen molar-refractivity contribution in [3.63, 3.8) is 0 Å². The first-order valence-electron chi connectivity index (χ1n) is 11.1. The van der Waals surface area contributed by atoms with Gasteiger partial charge in [-0.1, -0.05) is 72.4 Å². The second-order valence-electron chi connectivity index (χ2n) is 7.87. The van der Waals surface area contributed by atoms with Gasteiger partial charge in [-0.15, -0.1) is 0 Å². The Balaban J connectivity index is 1.84. The highest BCUT2D eigenvalue weighted by molar-refractivity contribution is 8.16. The molecule has 2 atom stereocenters. The average Bonchev–Trinajstić information content (AvgIpc) is 3.28. The molecule has 0 radical (unpaired) electrons. The summed E-state index contributed by atoms with van der Waals surface area (Å²) in [5, 5.41) is 28.5. The molecule has 0 saturated carbocycles. The number of hydrogen-bond acceptors (Lipinski definition) is 8. The predicted molar refractivity (Wildman–Crippen MR) is 135 cm³/mol. The summed E-state index contributed by atoms with van der Waals surface area (Å²) in [5.41, 5.74) is 1.68. The highest BCUT2D eigenvalue weighted by Gasteiger charge is 2.30. The second kappa shape index (κ2) is 12.6. The van der Waals surface area contributed by atoms with Gasteiger partial charge in [0.25, 0.3) is 5.69 Å². The maximum Gasteiger partial charge on any atom is 0.269 e. The molecule has 0 aliphatic rings. The van der Waals surface area contributed by atoms with Crippen LogP contribution in [-0.2, 0) is 17.6 Å². The van der Waals surface area contributed by atoms with E-state index in [1.54, 1.807) is 19.1 Å². The minimum atomic E-state index is -0.734. The fourth-order valence-corrected chi connectivity index (χ4v) is 4.11. The van der Waals surface area contributed by atoms with Crippen LogP contribution < -0.4 is 5.32 Å². The Kier molecular flexibility index (Phi) is 9.31. The molecule has 182 valence electrons. The third-order valence-corrected chi connectivity index (χ3v) is 6.05. The van der Waals surface area contributed by atoms with Crippen LogP contribution in [0.4, 0.5) is 5.69 Å². The molecule has 1 aromatic heterocycles. The molecule has 9 nitrogen and oxygen atoms in total. The predicted octanol–water partition coefficient (Wildman–Crippen LogP) is 4.97. The fraction of sp³-hybridized carbons (Fsp3) is 0.280. The summed E-state index contributed by atoms with van der Waals surface area (Å²) in [4.78, 5) is 28.3. The number of carbonyl (C=O) groups excluding carboxylic acids is 1. The third kappa shape index (κ3) is 7.61. The number of nitro benzene ring substituents is 1. The molecule has 1 amide bonds. The summed E-state index contributed by atoms with van der Waals surface area (Å²) in [5.74, 6) is -0.430. The molecule has 10 heteroatoms. The van der Waals surface area contributed by atoms with Crippen LogP contribution in [0.3, 0.4) is 0 Å². The van der Waals surface area contributed by atoms with Crippen molar-refractivity contribution in [3.8, 4) is 0 Å². The number of nitrogens with one attached hydrogen (secondary N) is 2. The topological polar surface area (TPSA) is 135 Å². The molecule has 1 unspecified atom stereocenters. The van der Waals surface area contributed by atoms with Crippen molar-refractivity contribution in [2.75, 3.05) is 0 Å². The summed E-state index contributed by atoms with van der Waals surface area (Å²) < 4.78 is 5.34. The number of thioether (sulfide) groups is 1. The summed E-state index contributed by atoms with van der Waals surface area (Å²) >= 11 is 1.22. The Morgan fingerprint density at radius 3 is 2.46 bits per heavy atom. The Bertz CT molecular complexity index is 1180. The lowest BCUT2D eigenvalue weighted by atomic mass is 9.97. The highest BCUT2D eigenvalue weighted by atomic mass is 32.2.